The average Bonchev–Trinajstić information content (AvgIpc) is 2.33. The molecule has 0 nitrogen and oxygen atoms in total. The summed E-state index contributed by atoms with van der Waals surface area (Å²) in [5.41, 5.74) is 2.06. The molecule has 0 saturated carbocycles. The van der Waals surface area contributed by atoms with Gasteiger partial charge in [0.25, 0.3) is 0 Å². The highest BCUT2D eigenvalue weighted by molar-refractivity contribution is 8.03. The maximum atomic E-state index is 13.7. The molecule has 0 aromatic heterocycles. The molecule has 2 heteroatoms. The molecule has 0 radical (unpaired) electrons. The van der Waals surface area contributed by atoms with E-state index in [-0.39, 0.29) is 5.16 Å². The van der Waals surface area contributed by atoms with Crippen molar-refractivity contribution in [3.63, 3.8) is 0 Å². The SMILES string of the molecule is Cc1ccc(/C=C(\F)Sc2ccccc2)cc1. The highest BCUT2D eigenvalue weighted by Crippen LogP contribution is 2.28. The first-order valence-electron chi connectivity index (χ1n) is 5.41. The lowest BCUT2D eigenvalue weighted by Gasteiger charge is -1.99. The zero-order chi connectivity index (χ0) is 12.1. The van der Waals surface area contributed by atoms with E-state index in [0.717, 1.165) is 22.2 Å². The molecule has 0 aliphatic rings. The minimum Gasteiger partial charge on any atom is -0.199 e. The van der Waals surface area contributed by atoms with Crippen molar-refractivity contribution >= 4 is 17.8 Å². The molecule has 2 rings (SSSR count). The topological polar surface area (TPSA) is 0 Å². The van der Waals surface area contributed by atoms with Crippen LogP contribution in [0.4, 0.5) is 4.39 Å². The molecule has 0 spiro atoms. The maximum Gasteiger partial charge on any atom is 0.161 e. The zero-order valence-corrected chi connectivity index (χ0v) is 10.4. The normalized spacial score (nSPS) is 11.5. The molecule has 0 saturated heterocycles. The molecule has 0 N–H and O–H groups in total. The van der Waals surface area contributed by atoms with E-state index in [4.69, 9.17) is 0 Å². The third kappa shape index (κ3) is 3.75. The predicted octanol–water partition coefficient (Wildman–Crippen LogP) is 5.06. The van der Waals surface area contributed by atoms with Gasteiger partial charge in [0.15, 0.2) is 5.16 Å². The van der Waals surface area contributed by atoms with E-state index < -0.39 is 0 Å². The first-order valence-corrected chi connectivity index (χ1v) is 6.22. The van der Waals surface area contributed by atoms with Gasteiger partial charge in [0.2, 0.25) is 0 Å². The summed E-state index contributed by atoms with van der Waals surface area (Å²) in [6.07, 6.45) is 1.55. The summed E-state index contributed by atoms with van der Waals surface area (Å²) < 4.78 is 13.7. The highest BCUT2D eigenvalue weighted by atomic mass is 32.2. The molecular weight excluding hydrogens is 231 g/mol. The van der Waals surface area contributed by atoms with Gasteiger partial charge in [-0.1, -0.05) is 59.8 Å². The number of aryl methyl sites for hydroxylation is 1. The van der Waals surface area contributed by atoms with Crippen LogP contribution in [0, 0.1) is 6.92 Å². The van der Waals surface area contributed by atoms with Gasteiger partial charge in [0.1, 0.15) is 0 Å². The maximum absolute atomic E-state index is 13.7. The Balaban J connectivity index is 2.09. The number of hydrogen-bond donors (Lipinski definition) is 0. The van der Waals surface area contributed by atoms with Crippen molar-refractivity contribution in [3.8, 4) is 0 Å². The average molecular weight is 244 g/mol. The lowest BCUT2D eigenvalue weighted by molar-refractivity contribution is 0.706. The first-order chi connectivity index (χ1) is 8.24. The second kappa shape index (κ2) is 5.69. The minimum absolute atomic E-state index is 0.194. The Bertz CT molecular complexity index is 500. The van der Waals surface area contributed by atoms with E-state index in [1.807, 2.05) is 61.5 Å². The van der Waals surface area contributed by atoms with Crippen LogP contribution in [0.3, 0.4) is 0 Å². The van der Waals surface area contributed by atoms with E-state index in [1.165, 1.54) is 5.56 Å². The van der Waals surface area contributed by atoms with Crippen LogP contribution in [0.1, 0.15) is 11.1 Å². The van der Waals surface area contributed by atoms with Gasteiger partial charge < -0.3 is 0 Å². The highest BCUT2D eigenvalue weighted by Gasteiger charge is 1.99. The van der Waals surface area contributed by atoms with E-state index >= 15 is 0 Å². The fourth-order valence-electron chi connectivity index (χ4n) is 1.42. The van der Waals surface area contributed by atoms with Gasteiger partial charge in [-0.15, -0.1) is 0 Å². The van der Waals surface area contributed by atoms with Gasteiger partial charge in [-0.25, -0.2) is 0 Å². The lowest BCUT2D eigenvalue weighted by Crippen LogP contribution is -1.75. The van der Waals surface area contributed by atoms with Gasteiger partial charge in [0, 0.05) is 4.90 Å². The Morgan fingerprint density at radius 1 is 1.00 bits per heavy atom. The molecule has 0 aliphatic carbocycles. The number of benzene rings is 2. The summed E-state index contributed by atoms with van der Waals surface area (Å²) in [7, 11) is 0. The number of thioether (sulfide) groups is 1. The van der Waals surface area contributed by atoms with Crippen molar-refractivity contribution in [2.24, 2.45) is 0 Å². The summed E-state index contributed by atoms with van der Waals surface area (Å²) in [6.45, 7) is 2.02. The molecule has 17 heavy (non-hydrogen) atoms. The van der Waals surface area contributed by atoms with Crippen LogP contribution < -0.4 is 0 Å². The van der Waals surface area contributed by atoms with Crippen LogP contribution >= 0.6 is 11.8 Å². The molecule has 0 atom stereocenters. The molecule has 0 aliphatic heterocycles. The zero-order valence-electron chi connectivity index (χ0n) is 9.56. The van der Waals surface area contributed by atoms with Gasteiger partial charge >= 0.3 is 0 Å². The monoisotopic (exact) mass is 244 g/mol. The van der Waals surface area contributed by atoms with E-state index in [9.17, 15) is 4.39 Å². The van der Waals surface area contributed by atoms with Gasteiger partial charge in [-0.05, 0) is 30.7 Å². The Hall–Kier alpha value is -1.54. The van der Waals surface area contributed by atoms with Crippen LogP contribution in [0.2, 0.25) is 0 Å². The van der Waals surface area contributed by atoms with Crippen LogP contribution in [0.15, 0.2) is 64.7 Å². The fraction of sp³-hybridized carbons (Fsp3) is 0.0667. The Morgan fingerprint density at radius 2 is 1.65 bits per heavy atom. The van der Waals surface area contributed by atoms with Crippen molar-refractivity contribution in [3.05, 3.63) is 70.9 Å². The Morgan fingerprint density at radius 3 is 2.29 bits per heavy atom. The number of halogens is 1. The number of rotatable bonds is 3. The molecule has 2 aromatic rings. The van der Waals surface area contributed by atoms with Crippen molar-refractivity contribution in [2.45, 2.75) is 11.8 Å². The van der Waals surface area contributed by atoms with Crippen LogP contribution in [0.5, 0.6) is 0 Å². The quantitative estimate of drug-likeness (QED) is 0.680. The Labute approximate surface area is 105 Å². The molecule has 0 fully saturated rings. The minimum atomic E-state index is -0.194. The summed E-state index contributed by atoms with van der Waals surface area (Å²) in [4.78, 5) is 0.911. The molecule has 0 bridgehead atoms. The van der Waals surface area contributed by atoms with E-state index in [0.29, 0.717) is 0 Å². The van der Waals surface area contributed by atoms with Crippen molar-refractivity contribution in [1.82, 2.24) is 0 Å². The molecule has 86 valence electrons. The molecule has 0 amide bonds. The van der Waals surface area contributed by atoms with Crippen LogP contribution in [-0.4, -0.2) is 0 Å². The summed E-state index contributed by atoms with van der Waals surface area (Å²) in [5, 5.41) is -0.194. The summed E-state index contributed by atoms with van der Waals surface area (Å²) >= 11 is 1.14. The van der Waals surface area contributed by atoms with E-state index in [2.05, 4.69) is 0 Å². The first kappa shape index (κ1) is 11.9. The molecular formula is C15H13FS. The Kier molecular flexibility index (Phi) is 3.99. The molecule has 0 heterocycles. The van der Waals surface area contributed by atoms with Crippen LogP contribution in [-0.2, 0) is 0 Å². The second-order valence-corrected chi connectivity index (χ2v) is 4.84. The molecule has 2 aromatic carbocycles. The van der Waals surface area contributed by atoms with Crippen molar-refractivity contribution in [1.29, 1.82) is 0 Å². The fourth-order valence-corrected chi connectivity index (χ4v) is 2.14. The largest absolute Gasteiger partial charge is 0.199 e. The molecule has 0 unspecified atom stereocenters. The summed E-state index contributed by atoms with van der Waals surface area (Å²) in [5.74, 6) is 0. The second-order valence-electron chi connectivity index (χ2n) is 3.77. The lowest BCUT2D eigenvalue weighted by atomic mass is 10.1. The van der Waals surface area contributed by atoms with Gasteiger partial charge in [0.05, 0.1) is 0 Å². The number of hydrogen-bond acceptors (Lipinski definition) is 1. The van der Waals surface area contributed by atoms with Crippen LogP contribution in [0.25, 0.3) is 6.08 Å². The van der Waals surface area contributed by atoms with Crippen molar-refractivity contribution < 1.29 is 4.39 Å². The smallest absolute Gasteiger partial charge is 0.161 e. The predicted molar refractivity (Wildman–Crippen MR) is 72.6 cm³/mol. The van der Waals surface area contributed by atoms with Gasteiger partial charge in [-0.3, -0.25) is 0 Å². The summed E-state index contributed by atoms with van der Waals surface area (Å²) in [6, 6.07) is 17.3. The third-order valence-corrected chi connectivity index (χ3v) is 3.14. The standard InChI is InChI=1S/C15H13FS/c1-12-7-9-13(10-8-12)11-15(16)17-14-5-3-2-4-6-14/h2-11H,1H3/b15-11+. The van der Waals surface area contributed by atoms with E-state index in [1.54, 1.807) is 6.08 Å². The third-order valence-electron chi connectivity index (χ3n) is 2.32. The van der Waals surface area contributed by atoms with Crippen molar-refractivity contribution in [2.75, 3.05) is 0 Å². The van der Waals surface area contributed by atoms with Gasteiger partial charge in [-0.2, -0.15) is 4.39 Å².